The van der Waals surface area contributed by atoms with Crippen molar-refractivity contribution in [2.24, 2.45) is 0 Å². The highest BCUT2D eigenvalue weighted by molar-refractivity contribution is 5.86. The van der Waals surface area contributed by atoms with Gasteiger partial charge in [-0.05, 0) is 24.3 Å². The first-order chi connectivity index (χ1) is 10.2. The summed E-state index contributed by atoms with van der Waals surface area (Å²) < 4.78 is 11.6. The average Bonchev–Trinajstić information content (AvgIpc) is 2.98. The Bertz CT molecular complexity index is 863. The fraction of sp³-hybridized carbons (Fsp3) is 0.133. The van der Waals surface area contributed by atoms with Gasteiger partial charge < -0.3 is 9.15 Å². The molecule has 3 aromatic rings. The van der Waals surface area contributed by atoms with Gasteiger partial charge >= 0.3 is 5.97 Å². The van der Waals surface area contributed by atoms with Crippen LogP contribution in [0.4, 0.5) is 0 Å². The van der Waals surface area contributed by atoms with Crippen molar-refractivity contribution in [3.63, 3.8) is 0 Å². The molecule has 6 nitrogen and oxygen atoms in total. The molecule has 1 aromatic carbocycles. The van der Waals surface area contributed by atoms with Crippen LogP contribution in [0, 0.1) is 0 Å². The average molecular weight is 284 g/mol. The Balaban J connectivity index is 1.99. The summed E-state index contributed by atoms with van der Waals surface area (Å²) in [5, 5.41) is 4.69. The van der Waals surface area contributed by atoms with Crippen molar-refractivity contribution in [2.75, 3.05) is 7.11 Å². The van der Waals surface area contributed by atoms with E-state index in [9.17, 15) is 9.59 Å². The first-order valence-electron chi connectivity index (χ1n) is 6.31. The second-order valence-electron chi connectivity index (χ2n) is 4.44. The fourth-order valence-electron chi connectivity index (χ4n) is 2.11. The molecule has 6 heteroatoms. The van der Waals surface area contributed by atoms with Crippen molar-refractivity contribution in [3.8, 4) is 0 Å². The largest absolute Gasteiger partial charge is 0.463 e. The Morgan fingerprint density at radius 2 is 2.10 bits per heavy atom. The van der Waals surface area contributed by atoms with Crippen molar-refractivity contribution in [1.82, 2.24) is 9.78 Å². The van der Waals surface area contributed by atoms with Gasteiger partial charge in [-0.3, -0.25) is 9.48 Å². The van der Waals surface area contributed by atoms with Crippen molar-refractivity contribution < 1.29 is 13.9 Å². The summed E-state index contributed by atoms with van der Waals surface area (Å²) in [6.07, 6.45) is 1.27. The number of fused-ring (bicyclic) bond motifs is 1. The predicted octanol–water partition coefficient (Wildman–Crippen LogP) is 1.82. The van der Waals surface area contributed by atoms with E-state index < -0.39 is 5.97 Å². The van der Waals surface area contributed by atoms with Gasteiger partial charge in [-0.2, -0.15) is 5.10 Å². The molecule has 0 aliphatic heterocycles. The van der Waals surface area contributed by atoms with Crippen LogP contribution >= 0.6 is 0 Å². The number of esters is 1. The van der Waals surface area contributed by atoms with Crippen LogP contribution in [0.5, 0.6) is 0 Å². The molecule has 0 N–H and O–H groups in total. The zero-order valence-corrected chi connectivity index (χ0v) is 11.3. The number of benzene rings is 1. The minimum Gasteiger partial charge on any atom is -0.463 e. The topological polar surface area (TPSA) is 74.3 Å². The van der Waals surface area contributed by atoms with Gasteiger partial charge in [0.05, 0.1) is 25.4 Å². The van der Waals surface area contributed by atoms with Crippen LogP contribution in [0.15, 0.2) is 51.8 Å². The van der Waals surface area contributed by atoms with Crippen LogP contribution in [0.1, 0.15) is 16.3 Å². The number of furan rings is 1. The van der Waals surface area contributed by atoms with Gasteiger partial charge in [-0.15, -0.1) is 0 Å². The van der Waals surface area contributed by atoms with E-state index in [1.54, 1.807) is 28.9 Å². The fourth-order valence-corrected chi connectivity index (χ4v) is 2.11. The predicted molar refractivity (Wildman–Crippen MR) is 75.2 cm³/mol. The van der Waals surface area contributed by atoms with E-state index in [0.29, 0.717) is 23.2 Å². The molecule has 0 atom stereocenters. The van der Waals surface area contributed by atoms with Gasteiger partial charge in [0.15, 0.2) is 0 Å². The third kappa shape index (κ3) is 2.43. The molecule has 2 aromatic heterocycles. The summed E-state index contributed by atoms with van der Waals surface area (Å²) in [5.41, 5.74) is 0.581. The lowest BCUT2D eigenvalue weighted by molar-refractivity contribution is 0.0563. The van der Waals surface area contributed by atoms with E-state index in [0.717, 1.165) is 0 Å². The Kier molecular flexibility index (Phi) is 3.27. The molecular formula is C15H12N2O4. The van der Waals surface area contributed by atoms with Gasteiger partial charge in [0.1, 0.15) is 5.76 Å². The van der Waals surface area contributed by atoms with Gasteiger partial charge in [-0.25, -0.2) is 4.79 Å². The quantitative estimate of drug-likeness (QED) is 0.686. The highest BCUT2D eigenvalue weighted by Crippen LogP contribution is 2.13. The number of ether oxygens (including phenoxy) is 1. The van der Waals surface area contributed by atoms with Gasteiger partial charge in [0.2, 0.25) is 11.2 Å². The molecule has 0 bridgehead atoms. The second-order valence-corrected chi connectivity index (χ2v) is 4.44. The summed E-state index contributed by atoms with van der Waals surface area (Å²) in [6, 6.07) is 10.4. The SMILES string of the molecule is COC(=O)c1ccc(Cn2ncc(=O)c3ccccc32)o1. The number of hydrogen-bond donors (Lipinski definition) is 0. The van der Waals surface area contributed by atoms with Gasteiger partial charge in [0.25, 0.3) is 0 Å². The third-order valence-corrected chi connectivity index (χ3v) is 3.12. The molecule has 0 fully saturated rings. The van der Waals surface area contributed by atoms with E-state index in [1.165, 1.54) is 13.3 Å². The Morgan fingerprint density at radius 3 is 2.90 bits per heavy atom. The molecule has 0 aliphatic rings. The normalized spacial score (nSPS) is 10.7. The zero-order valence-electron chi connectivity index (χ0n) is 11.3. The number of rotatable bonds is 3. The molecule has 0 saturated carbocycles. The lowest BCUT2D eigenvalue weighted by atomic mass is 10.2. The first-order valence-corrected chi connectivity index (χ1v) is 6.31. The van der Waals surface area contributed by atoms with Crippen LogP contribution in [0.3, 0.4) is 0 Å². The summed E-state index contributed by atoms with van der Waals surface area (Å²) in [7, 11) is 1.29. The minimum absolute atomic E-state index is 0.128. The van der Waals surface area contributed by atoms with Gasteiger partial charge in [0, 0.05) is 5.39 Å². The van der Waals surface area contributed by atoms with Crippen LogP contribution in [0.25, 0.3) is 10.9 Å². The maximum Gasteiger partial charge on any atom is 0.373 e. The molecule has 0 aliphatic carbocycles. The van der Waals surface area contributed by atoms with Crippen molar-refractivity contribution >= 4 is 16.9 Å². The highest BCUT2D eigenvalue weighted by atomic mass is 16.5. The molecule has 0 saturated heterocycles. The Hall–Kier alpha value is -2.89. The Morgan fingerprint density at radius 1 is 1.29 bits per heavy atom. The first kappa shape index (κ1) is 13.1. The van der Waals surface area contributed by atoms with Crippen LogP contribution < -0.4 is 5.43 Å². The van der Waals surface area contributed by atoms with Gasteiger partial charge in [-0.1, -0.05) is 12.1 Å². The molecule has 2 heterocycles. The van der Waals surface area contributed by atoms with E-state index in [4.69, 9.17) is 4.42 Å². The molecule has 0 unspecified atom stereocenters. The van der Waals surface area contributed by atoms with Crippen molar-refractivity contribution in [1.29, 1.82) is 0 Å². The molecule has 106 valence electrons. The number of aromatic nitrogens is 2. The maximum absolute atomic E-state index is 11.8. The van der Waals surface area contributed by atoms with Crippen LogP contribution in [-0.2, 0) is 11.3 Å². The second kappa shape index (κ2) is 5.24. The number of methoxy groups -OCH3 is 1. The van der Waals surface area contributed by atoms with E-state index in [-0.39, 0.29) is 11.2 Å². The molecule has 0 radical (unpaired) electrons. The summed E-state index contributed by atoms with van der Waals surface area (Å²) in [6.45, 7) is 0.317. The van der Waals surface area contributed by atoms with E-state index in [1.807, 2.05) is 12.1 Å². The number of nitrogens with zero attached hydrogens (tertiary/aromatic N) is 2. The number of carbonyl (C=O) groups excluding carboxylic acids is 1. The number of hydrogen-bond acceptors (Lipinski definition) is 5. The zero-order chi connectivity index (χ0) is 14.8. The molecular weight excluding hydrogens is 272 g/mol. The summed E-state index contributed by atoms with van der Waals surface area (Å²) in [4.78, 5) is 23.1. The molecule has 21 heavy (non-hydrogen) atoms. The standard InChI is InChI=1S/C15H12N2O4/c1-20-15(19)14-7-6-10(21-14)9-17-12-5-3-2-4-11(12)13(18)8-16-17/h2-8H,9H2,1H3. The maximum atomic E-state index is 11.8. The summed E-state index contributed by atoms with van der Waals surface area (Å²) >= 11 is 0. The Labute approximate surface area is 119 Å². The van der Waals surface area contributed by atoms with E-state index in [2.05, 4.69) is 9.84 Å². The lowest BCUT2D eigenvalue weighted by Gasteiger charge is -2.07. The lowest BCUT2D eigenvalue weighted by Crippen LogP contribution is -2.12. The third-order valence-electron chi connectivity index (χ3n) is 3.12. The van der Waals surface area contributed by atoms with E-state index >= 15 is 0 Å². The highest BCUT2D eigenvalue weighted by Gasteiger charge is 2.12. The number of para-hydroxylation sites is 1. The van der Waals surface area contributed by atoms with Crippen molar-refractivity contribution in [2.45, 2.75) is 6.54 Å². The molecule has 3 rings (SSSR count). The van der Waals surface area contributed by atoms with Crippen molar-refractivity contribution in [3.05, 3.63) is 64.3 Å². The minimum atomic E-state index is -0.529. The smallest absolute Gasteiger partial charge is 0.373 e. The van der Waals surface area contributed by atoms with Crippen LogP contribution in [0.2, 0.25) is 0 Å². The monoisotopic (exact) mass is 284 g/mol. The summed E-state index contributed by atoms with van der Waals surface area (Å²) in [5.74, 6) is 0.161. The number of carbonyl (C=O) groups is 1. The molecule has 0 amide bonds. The van der Waals surface area contributed by atoms with Crippen LogP contribution in [-0.4, -0.2) is 22.9 Å². The molecule has 0 spiro atoms.